The molecule has 1 aliphatic heterocycles. The number of benzene rings is 2. The van der Waals surface area contributed by atoms with Crippen LogP contribution in [0.2, 0.25) is 10.0 Å². The molecule has 0 unspecified atom stereocenters. The van der Waals surface area contributed by atoms with Crippen LogP contribution in [0.3, 0.4) is 0 Å². The van der Waals surface area contributed by atoms with Crippen LogP contribution in [0.1, 0.15) is 39.2 Å². The Balaban J connectivity index is 1.96. The highest BCUT2D eigenvalue weighted by molar-refractivity contribution is 7.92. The van der Waals surface area contributed by atoms with Gasteiger partial charge in [-0.15, -0.1) is 0 Å². The molecule has 2 aromatic carbocycles. The number of halogens is 2. The Labute approximate surface area is 227 Å². The monoisotopic (exact) mass is 571 g/mol. The maximum absolute atomic E-state index is 13.7. The molecule has 0 spiro atoms. The van der Waals surface area contributed by atoms with Crippen molar-refractivity contribution in [1.29, 1.82) is 0 Å². The fourth-order valence-corrected chi connectivity index (χ4v) is 5.01. The Morgan fingerprint density at radius 3 is 2.35 bits per heavy atom. The van der Waals surface area contributed by atoms with Crippen molar-refractivity contribution >= 4 is 50.7 Å². The van der Waals surface area contributed by atoms with Crippen LogP contribution < -0.4 is 19.1 Å². The zero-order chi connectivity index (χ0) is 27.3. The molecule has 0 aromatic heterocycles. The Hall–Kier alpha value is -2.69. The largest absolute Gasteiger partial charge is 0.454 e. The maximum Gasteiger partial charge on any atom is 0.244 e. The van der Waals surface area contributed by atoms with Crippen molar-refractivity contribution in [1.82, 2.24) is 10.2 Å². The second-order valence-electron chi connectivity index (χ2n) is 8.82. The third-order valence-corrected chi connectivity index (χ3v) is 7.93. The summed E-state index contributed by atoms with van der Waals surface area (Å²) in [4.78, 5) is 28.3. The summed E-state index contributed by atoms with van der Waals surface area (Å²) in [7, 11) is -3.87. The summed E-state index contributed by atoms with van der Waals surface area (Å²) in [5.41, 5.74) is 0.887. The molecule has 0 bridgehead atoms. The molecule has 202 valence electrons. The van der Waals surface area contributed by atoms with E-state index in [-0.39, 0.29) is 31.0 Å². The van der Waals surface area contributed by atoms with Crippen LogP contribution >= 0.6 is 23.2 Å². The van der Waals surface area contributed by atoms with Crippen LogP contribution in [-0.2, 0) is 26.2 Å². The molecule has 12 heteroatoms. The van der Waals surface area contributed by atoms with Crippen molar-refractivity contribution in [3.8, 4) is 11.5 Å². The average Bonchev–Trinajstić information content (AvgIpc) is 3.31. The zero-order valence-electron chi connectivity index (χ0n) is 21.2. The van der Waals surface area contributed by atoms with Crippen molar-refractivity contribution < 1.29 is 27.5 Å². The minimum atomic E-state index is -3.87. The lowest BCUT2D eigenvalue weighted by molar-refractivity contribution is -0.140. The lowest BCUT2D eigenvalue weighted by atomic mass is 10.1. The number of fused-ring (bicyclic) bond motifs is 1. The first-order chi connectivity index (χ1) is 17.4. The summed E-state index contributed by atoms with van der Waals surface area (Å²) in [6.07, 6.45) is 2.05. The molecule has 0 saturated carbocycles. The number of nitrogens with zero attached hydrogens (tertiary/aromatic N) is 2. The van der Waals surface area contributed by atoms with E-state index in [0.29, 0.717) is 33.5 Å². The number of carbonyl (C=O) groups excluding carboxylic acids is 2. The summed E-state index contributed by atoms with van der Waals surface area (Å²) in [6.45, 7) is 5.15. The Bertz CT molecular complexity index is 1260. The van der Waals surface area contributed by atoms with E-state index in [9.17, 15) is 18.0 Å². The lowest BCUT2D eigenvalue weighted by Crippen LogP contribution is -2.53. The van der Waals surface area contributed by atoms with Gasteiger partial charge in [-0.2, -0.15) is 0 Å². The molecule has 2 atom stereocenters. The predicted molar refractivity (Wildman–Crippen MR) is 144 cm³/mol. The first-order valence-electron chi connectivity index (χ1n) is 11.9. The molecule has 1 aliphatic rings. The SMILES string of the molecule is CC[C@@H](C)NC(=O)[C@H](CC)N(Cc1ccc(Cl)c(Cl)c1)C(=O)CN(c1ccc2c(c1)OCO2)S(C)(=O)=O. The van der Waals surface area contributed by atoms with Gasteiger partial charge in [0.05, 0.1) is 22.0 Å². The Morgan fingerprint density at radius 2 is 1.73 bits per heavy atom. The van der Waals surface area contributed by atoms with Gasteiger partial charge < -0.3 is 19.7 Å². The van der Waals surface area contributed by atoms with Gasteiger partial charge in [0.25, 0.3) is 0 Å². The van der Waals surface area contributed by atoms with E-state index < -0.39 is 28.5 Å². The molecule has 3 rings (SSSR count). The van der Waals surface area contributed by atoms with Crippen molar-refractivity contribution in [2.75, 3.05) is 23.9 Å². The van der Waals surface area contributed by atoms with Crippen LogP contribution in [0, 0.1) is 0 Å². The van der Waals surface area contributed by atoms with Gasteiger partial charge in [0.15, 0.2) is 11.5 Å². The number of amides is 2. The van der Waals surface area contributed by atoms with Gasteiger partial charge in [0, 0.05) is 18.7 Å². The molecule has 2 aromatic rings. The van der Waals surface area contributed by atoms with Crippen molar-refractivity contribution in [3.05, 3.63) is 52.0 Å². The minimum Gasteiger partial charge on any atom is -0.454 e. The van der Waals surface area contributed by atoms with Crippen LogP contribution in [0.5, 0.6) is 11.5 Å². The summed E-state index contributed by atoms with van der Waals surface area (Å²) >= 11 is 12.2. The molecule has 0 saturated heterocycles. The topological polar surface area (TPSA) is 105 Å². The standard InChI is InChI=1S/C25H31Cl2N3O6S/c1-5-16(3)28-25(32)21(6-2)29(13-17-7-9-19(26)20(27)11-17)24(31)14-30(37(4,33)34)18-8-10-22-23(12-18)36-15-35-22/h7-12,16,21H,5-6,13-15H2,1-4H3,(H,28,32)/t16-,21+/m1/s1. The molecular formula is C25H31Cl2N3O6S. The summed E-state index contributed by atoms with van der Waals surface area (Å²) in [5.74, 6) is -0.0114. The van der Waals surface area contributed by atoms with E-state index in [2.05, 4.69) is 5.32 Å². The van der Waals surface area contributed by atoms with E-state index in [1.807, 2.05) is 13.8 Å². The van der Waals surface area contributed by atoms with Gasteiger partial charge in [-0.25, -0.2) is 8.42 Å². The van der Waals surface area contributed by atoms with E-state index in [0.717, 1.165) is 17.0 Å². The van der Waals surface area contributed by atoms with Gasteiger partial charge in [-0.05, 0) is 49.6 Å². The molecule has 0 radical (unpaired) electrons. The fraction of sp³-hybridized carbons (Fsp3) is 0.440. The van der Waals surface area contributed by atoms with Crippen molar-refractivity contribution in [2.24, 2.45) is 0 Å². The molecule has 0 fully saturated rings. The fourth-order valence-electron chi connectivity index (χ4n) is 3.85. The summed E-state index contributed by atoms with van der Waals surface area (Å²) in [5, 5.41) is 3.59. The lowest BCUT2D eigenvalue weighted by Gasteiger charge is -2.33. The number of carbonyl (C=O) groups is 2. The second-order valence-corrected chi connectivity index (χ2v) is 11.5. The maximum atomic E-state index is 13.7. The third kappa shape index (κ3) is 7.21. The highest BCUT2D eigenvalue weighted by atomic mass is 35.5. The first-order valence-corrected chi connectivity index (χ1v) is 14.5. The Kier molecular flexibility index (Phi) is 9.55. The normalized spacial score (nSPS) is 14.1. The van der Waals surface area contributed by atoms with Crippen molar-refractivity contribution in [2.45, 2.75) is 52.2 Å². The smallest absolute Gasteiger partial charge is 0.244 e. The van der Waals surface area contributed by atoms with Crippen LogP contribution in [0.15, 0.2) is 36.4 Å². The van der Waals surface area contributed by atoms with Gasteiger partial charge in [0.1, 0.15) is 12.6 Å². The van der Waals surface area contributed by atoms with Gasteiger partial charge in [-0.3, -0.25) is 13.9 Å². The summed E-state index contributed by atoms with van der Waals surface area (Å²) < 4.78 is 37.2. The molecule has 0 aliphatic carbocycles. The Morgan fingerprint density at radius 1 is 1.03 bits per heavy atom. The number of sulfonamides is 1. The van der Waals surface area contributed by atoms with Gasteiger partial charge >= 0.3 is 0 Å². The minimum absolute atomic E-state index is 0.0253. The van der Waals surface area contributed by atoms with E-state index in [1.165, 1.54) is 17.0 Å². The van der Waals surface area contributed by atoms with Gasteiger partial charge in [0.2, 0.25) is 28.6 Å². The van der Waals surface area contributed by atoms with Gasteiger partial charge in [-0.1, -0.05) is 43.1 Å². The summed E-state index contributed by atoms with van der Waals surface area (Å²) in [6, 6.07) is 8.64. The van der Waals surface area contributed by atoms with E-state index in [1.54, 1.807) is 31.2 Å². The molecular weight excluding hydrogens is 541 g/mol. The number of anilines is 1. The third-order valence-electron chi connectivity index (χ3n) is 6.05. The molecule has 2 amide bonds. The number of nitrogens with one attached hydrogen (secondary N) is 1. The van der Waals surface area contributed by atoms with Crippen LogP contribution in [0.25, 0.3) is 0 Å². The van der Waals surface area contributed by atoms with Crippen LogP contribution in [0.4, 0.5) is 5.69 Å². The van der Waals surface area contributed by atoms with Crippen LogP contribution in [-0.4, -0.2) is 56.8 Å². The highest BCUT2D eigenvalue weighted by Gasteiger charge is 2.32. The number of rotatable bonds is 11. The first kappa shape index (κ1) is 28.9. The van der Waals surface area contributed by atoms with E-state index >= 15 is 0 Å². The second kappa shape index (κ2) is 12.2. The van der Waals surface area contributed by atoms with E-state index in [4.69, 9.17) is 32.7 Å². The number of hydrogen-bond acceptors (Lipinski definition) is 6. The molecule has 1 heterocycles. The quantitative estimate of drug-likeness (QED) is 0.433. The zero-order valence-corrected chi connectivity index (χ0v) is 23.5. The average molecular weight is 573 g/mol. The highest BCUT2D eigenvalue weighted by Crippen LogP contribution is 2.36. The predicted octanol–water partition coefficient (Wildman–Crippen LogP) is 4.21. The number of hydrogen-bond donors (Lipinski definition) is 1. The number of ether oxygens (including phenoxy) is 2. The van der Waals surface area contributed by atoms with Crippen molar-refractivity contribution in [3.63, 3.8) is 0 Å². The molecule has 37 heavy (non-hydrogen) atoms. The molecule has 1 N–H and O–H groups in total. The molecule has 9 nitrogen and oxygen atoms in total.